The average molecular weight is 310 g/mol. The first-order valence-electron chi connectivity index (χ1n) is 8.48. The van der Waals surface area contributed by atoms with Crippen LogP contribution in [0.5, 0.6) is 0 Å². The van der Waals surface area contributed by atoms with Gasteiger partial charge in [-0.15, -0.1) is 0 Å². The Hall–Kier alpha value is -0.610. The van der Waals surface area contributed by atoms with Gasteiger partial charge in [-0.25, -0.2) is 4.98 Å². The van der Waals surface area contributed by atoms with E-state index in [1.165, 1.54) is 41.4 Å². The average Bonchev–Trinajstić information content (AvgIpc) is 2.87. The van der Waals surface area contributed by atoms with Crippen molar-refractivity contribution in [2.45, 2.75) is 71.9 Å². The van der Waals surface area contributed by atoms with Gasteiger partial charge in [0.1, 0.15) is 0 Å². The lowest BCUT2D eigenvalue weighted by atomic mass is 9.98. The van der Waals surface area contributed by atoms with Gasteiger partial charge < -0.3 is 10.2 Å². The van der Waals surface area contributed by atoms with Gasteiger partial charge in [0.15, 0.2) is 5.13 Å². The lowest BCUT2D eigenvalue weighted by Gasteiger charge is -2.25. The van der Waals surface area contributed by atoms with Crippen LogP contribution in [0.2, 0.25) is 0 Å². The molecule has 0 fully saturated rings. The fourth-order valence-corrected chi connectivity index (χ4v) is 4.39. The summed E-state index contributed by atoms with van der Waals surface area (Å²) in [5, 5.41) is 4.90. The van der Waals surface area contributed by atoms with Crippen molar-refractivity contribution < 1.29 is 0 Å². The summed E-state index contributed by atoms with van der Waals surface area (Å²) in [6.07, 6.45) is 6.10. The molecule has 4 heteroatoms. The minimum absolute atomic E-state index is 0.536. The van der Waals surface area contributed by atoms with Gasteiger partial charge in [0.25, 0.3) is 0 Å². The van der Waals surface area contributed by atoms with Crippen molar-refractivity contribution in [3.63, 3.8) is 0 Å². The number of fused-ring (bicyclic) bond motifs is 1. The standard InChI is InChI=1S/C17H31N3S/c1-6-10-18-14-8-7-9-15-16(14)21-17(19-15)20(5)13(4)11-12(2)3/h12-14,18H,6-11H2,1-5H3. The molecule has 1 aliphatic rings. The van der Waals surface area contributed by atoms with Gasteiger partial charge in [0.05, 0.1) is 5.69 Å². The van der Waals surface area contributed by atoms with E-state index in [0.717, 1.165) is 18.9 Å². The summed E-state index contributed by atoms with van der Waals surface area (Å²) in [6.45, 7) is 10.2. The van der Waals surface area contributed by atoms with Gasteiger partial charge in [-0.2, -0.15) is 0 Å². The first-order chi connectivity index (χ1) is 10.0. The molecular formula is C17H31N3S. The first-order valence-corrected chi connectivity index (χ1v) is 9.30. The van der Waals surface area contributed by atoms with Gasteiger partial charge in [0.2, 0.25) is 0 Å². The zero-order valence-electron chi connectivity index (χ0n) is 14.3. The van der Waals surface area contributed by atoms with Gasteiger partial charge in [-0.1, -0.05) is 32.1 Å². The highest BCUT2D eigenvalue weighted by Gasteiger charge is 2.26. The lowest BCUT2D eigenvalue weighted by Crippen LogP contribution is -2.29. The summed E-state index contributed by atoms with van der Waals surface area (Å²) < 4.78 is 0. The van der Waals surface area contributed by atoms with E-state index in [9.17, 15) is 0 Å². The maximum atomic E-state index is 4.94. The highest BCUT2D eigenvalue weighted by molar-refractivity contribution is 7.15. The monoisotopic (exact) mass is 309 g/mol. The molecule has 0 bridgehead atoms. The number of thiazole rings is 1. The van der Waals surface area contributed by atoms with E-state index in [1.54, 1.807) is 0 Å². The quantitative estimate of drug-likeness (QED) is 0.809. The Labute approximate surface area is 134 Å². The van der Waals surface area contributed by atoms with E-state index in [2.05, 4.69) is 45.0 Å². The van der Waals surface area contributed by atoms with Crippen LogP contribution in [-0.4, -0.2) is 24.6 Å². The molecule has 1 aromatic heterocycles. The van der Waals surface area contributed by atoms with Crippen molar-refractivity contribution in [1.29, 1.82) is 0 Å². The predicted molar refractivity (Wildman–Crippen MR) is 93.4 cm³/mol. The Morgan fingerprint density at radius 1 is 1.38 bits per heavy atom. The molecule has 0 spiro atoms. The number of aromatic nitrogens is 1. The molecule has 1 N–H and O–H groups in total. The van der Waals surface area contributed by atoms with Crippen molar-refractivity contribution >= 4 is 16.5 Å². The topological polar surface area (TPSA) is 28.2 Å². The lowest BCUT2D eigenvalue weighted by molar-refractivity contribution is 0.464. The van der Waals surface area contributed by atoms with Crippen LogP contribution in [0.3, 0.4) is 0 Å². The molecule has 0 aromatic carbocycles. The molecular weight excluding hydrogens is 278 g/mol. The molecule has 1 aliphatic carbocycles. The smallest absolute Gasteiger partial charge is 0.185 e. The summed E-state index contributed by atoms with van der Waals surface area (Å²) in [4.78, 5) is 8.81. The van der Waals surface area contributed by atoms with Gasteiger partial charge in [-0.3, -0.25) is 0 Å². The van der Waals surface area contributed by atoms with E-state index >= 15 is 0 Å². The Kier molecular flexibility index (Phi) is 6.06. The second-order valence-corrected chi connectivity index (χ2v) is 7.80. The molecule has 0 radical (unpaired) electrons. The van der Waals surface area contributed by atoms with Crippen LogP contribution in [0.25, 0.3) is 0 Å². The summed E-state index contributed by atoms with van der Waals surface area (Å²) in [7, 11) is 2.20. The van der Waals surface area contributed by atoms with Crippen LogP contribution in [0.1, 0.15) is 70.0 Å². The summed E-state index contributed by atoms with van der Waals surface area (Å²) in [5.41, 5.74) is 1.35. The molecule has 1 aromatic rings. The number of anilines is 1. The highest BCUT2D eigenvalue weighted by atomic mass is 32.1. The maximum absolute atomic E-state index is 4.94. The largest absolute Gasteiger partial charge is 0.348 e. The molecule has 2 atom stereocenters. The number of nitrogens with zero attached hydrogens (tertiary/aromatic N) is 2. The van der Waals surface area contributed by atoms with Gasteiger partial charge in [0, 0.05) is 24.0 Å². The third-order valence-corrected chi connectivity index (χ3v) is 5.66. The van der Waals surface area contributed by atoms with Crippen molar-refractivity contribution in [2.24, 2.45) is 5.92 Å². The predicted octanol–water partition coefficient (Wildman–Crippen LogP) is 4.39. The van der Waals surface area contributed by atoms with E-state index in [0.29, 0.717) is 12.1 Å². The normalized spacial score (nSPS) is 19.6. The van der Waals surface area contributed by atoms with Gasteiger partial charge >= 0.3 is 0 Å². The molecule has 0 saturated heterocycles. The van der Waals surface area contributed by atoms with Crippen LogP contribution in [-0.2, 0) is 6.42 Å². The maximum Gasteiger partial charge on any atom is 0.185 e. The number of hydrogen-bond acceptors (Lipinski definition) is 4. The van der Waals surface area contributed by atoms with Crippen molar-refractivity contribution in [1.82, 2.24) is 10.3 Å². The molecule has 0 amide bonds. The molecule has 0 aliphatic heterocycles. The van der Waals surface area contributed by atoms with Crippen LogP contribution < -0.4 is 10.2 Å². The summed E-state index contributed by atoms with van der Waals surface area (Å²) in [5.74, 6) is 0.732. The van der Waals surface area contributed by atoms with Crippen molar-refractivity contribution in [2.75, 3.05) is 18.5 Å². The summed E-state index contributed by atoms with van der Waals surface area (Å²) in [6, 6.07) is 1.09. The van der Waals surface area contributed by atoms with E-state index < -0.39 is 0 Å². The first kappa shape index (κ1) is 16.8. The summed E-state index contributed by atoms with van der Waals surface area (Å²) >= 11 is 1.91. The van der Waals surface area contributed by atoms with Crippen LogP contribution in [0, 0.1) is 5.92 Å². The molecule has 2 rings (SSSR count). The van der Waals surface area contributed by atoms with E-state index in [-0.39, 0.29) is 0 Å². The number of hydrogen-bond donors (Lipinski definition) is 1. The second-order valence-electron chi connectivity index (χ2n) is 6.80. The van der Waals surface area contributed by atoms with Crippen LogP contribution in [0.4, 0.5) is 5.13 Å². The third-order valence-electron chi connectivity index (χ3n) is 4.36. The number of rotatable bonds is 7. The molecule has 120 valence electrons. The van der Waals surface area contributed by atoms with E-state index in [1.807, 2.05) is 11.3 Å². The van der Waals surface area contributed by atoms with Crippen LogP contribution >= 0.6 is 11.3 Å². The fraction of sp³-hybridized carbons (Fsp3) is 0.824. The molecule has 2 unspecified atom stereocenters. The minimum Gasteiger partial charge on any atom is -0.348 e. The molecule has 1 heterocycles. The highest BCUT2D eigenvalue weighted by Crippen LogP contribution is 2.38. The molecule has 0 saturated carbocycles. The Morgan fingerprint density at radius 2 is 2.14 bits per heavy atom. The van der Waals surface area contributed by atoms with Gasteiger partial charge in [-0.05, 0) is 51.5 Å². The van der Waals surface area contributed by atoms with Crippen molar-refractivity contribution in [3.05, 3.63) is 10.6 Å². The zero-order chi connectivity index (χ0) is 15.4. The SMILES string of the molecule is CCCNC1CCCc2nc(N(C)C(C)CC(C)C)sc21. The molecule has 21 heavy (non-hydrogen) atoms. The van der Waals surface area contributed by atoms with E-state index in [4.69, 9.17) is 4.98 Å². The minimum atomic E-state index is 0.536. The van der Waals surface area contributed by atoms with Crippen molar-refractivity contribution in [3.8, 4) is 0 Å². The fourth-order valence-electron chi connectivity index (χ4n) is 3.10. The molecule has 3 nitrogen and oxygen atoms in total. The number of aryl methyl sites for hydroxylation is 1. The third kappa shape index (κ3) is 4.19. The number of nitrogens with one attached hydrogen (secondary N) is 1. The second kappa shape index (κ2) is 7.59. The Morgan fingerprint density at radius 3 is 2.81 bits per heavy atom. The van der Waals surface area contributed by atoms with Crippen LogP contribution in [0.15, 0.2) is 0 Å². The Bertz CT molecular complexity index is 441. The Balaban J connectivity index is 2.11. The zero-order valence-corrected chi connectivity index (χ0v) is 15.1.